The summed E-state index contributed by atoms with van der Waals surface area (Å²) < 4.78 is 0. The molecule has 0 aromatic heterocycles. The molecular formula is C23H43N7O6. The second-order valence-electron chi connectivity index (χ2n) is 9.23. The van der Waals surface area contributed by atoms with Crippen molar-refractivity contribution in [1.82, 2.24) is 20.9 Å². The van der Waals surface area contributed by atoms with Crippen LogP contribution >= 0.6 is 0 Å². The number of carbonyl (C=O) groups excluding carboxylic acids is 4. The van der Waals surface area contributed by atoms with Crippen LogP contribution in [0.15, 0.2) is 0 Å². The molecule has 10 N–H and O–H groups in total. The molecule has 1 fully saturated rings. The van der Waals surface area contributed by atoms with E-state index in [-0.39, 0.29) is 6.42 Å². The lowest BCUT2D eigenvalue weighted by Crippen LogP contribution is -2.57. The average molecular weight is 514 g/mol. The van der Waals surface area contributed by atoms with Gasteiger partial charge in [0.25, 0.3) is 0 Å². The van der Waals surface area contributed by atoms with Gasteiger partial charge in [0.05, 0.1) is 6.04 Å². The fraction of sp³-hybridized carbons (Fsp3) is 0.783. The van der Waals surface area contributed by atoms with Gasteiger partial charge in [-0.3, -0.25) is 19.2 Å². The van der Waals surface area contributed by atoms with Gasteiger partial charge in [-0.2, -0.15) is 0 Å². The van der Waals surface area contributed by atoms with Gasteiger partial charge < -0.3 is 43.2 Å². The summed E-state index contributed by atoms with van der Waals surface area (Å²) in [4.78, 5) is 63.4. The van der Waals surface area contributed by atoms with Gasteiger partial charge >= 0.3 is 5.97 Å². The molecule has 0 unspecified atom stereocenters. The molecule has 206 valence electrons. The minimum Gasteiger partial charge on any atom is -0.480 e. The lowest BCUT2D eigenvalue weighted by Gasteiger charge is -2.28. The number of nitrogens with one attached hydrogen (secondary N) is 3. The number of hydrogen-bond acceptors (Lipinski definition) is 8. The van der Waals surface area contributed by atoms with Crippen molar-refractivity contribution in [3.63, 3.8) is 0 Å². The molecule has 13 heteroatoms. The first kappa shape index (κ1) is 31.3. The summed E-state index contributed by atoms with van der Waals surface area (Å²) in [7, 11) is 0. The number of likely N-dealkylation sites (tertiary alicyclic amines) is 1. The van der Waals surface area contributed by atoms with E-state index in [9.17, 15) is 29.1 Å². The van der Waals surface area contributed by atoms with Gasteiger partial charge in [0.2, 0.25) is 23.6 Å². The normalized spacial score (nSPS) is 18.6. The van der Waals surface area contributed by atoms with Gasteiger partial charge in [-0.05, 0) is 71.9 Å². The van der Waals surface area contributed by atoms with Crippen LogP contribution in [-0.4, -0.2) is 89.4 Å². The molecule has 0 aliphatic carbocycles. The highest BCUT2D eigenvalue weighted by Crippen LogP contribution is 2.19. The van der Waals surface area contributed by atoms with Crippen molar-refractivity contribution in [2.45, 2.75) is 95.4 Å². The van der Waals surface area contributed by atoms with Gasteiger partial charge in [-0.15, -0.1) is 0 Å². The van der Waals surface area contributed by atoms with Crippen LogP contribution in [0.4, 0.5) is 0 Å². The molecule has 0 bridgehead atoms. The number of nitrogens with two attached hydrogens (primary N) is 3. The molecule has 0 radical (unpaired) electrons. The van der Waals surface area contributed by atoms with Crippen molar-refractivity contribution in [2.24, 2.45) is 17.2 Å². The number of carboxylic acids is 1. The number of carbonyl (C=O) groups is 5. The quantitative estimate of drug-likeness (QED) is 0.115. The minimum absolute atomic E-state index is 0.226. The van der Waals surface area contributed by atoms with Gasteiger partial charge in [-0.25, -0.2) is 4.79 Å². The first-order chi connectivity index (χ1) is 17.0. The van der Waals surface area contributed by atoms with Crippen LogP contribution in [0.1, 0.15) is 65.2 Å². The number of nitrogens with zero attached hydrogens (tertiary/aromatic N) is 1. The number of amides is 4. The van der Waals surface area contributed by atoms with Crippen LogP contribution in [0.25, 0.3) is 0 Å². The molecule has 36 heavy (non-hydrogen) atoms. The predicted molar refractivity (Wildman–Crippen MR) is 133 cm³/mol. The van der Waals surface area contributed by atoms with Gasteiger partial charge in [0.1, 0.15) is 24.2 Å². The molecule has 1 rings (SSSR count). The zero-order valence-corrected chi connectivity index (χ0v) is 21.3. The van der Waals surface area contributed by atoms with Crippen LogP contribution in [0.2, 0.25) is 0 Å². The van der Waals surface area contributed by atoms with E-state index in [1.54, 1.807) is 0 Å². The predicted octanol–water partition coefficient (Wildman–Crippen LogP) is -1.86. The maximum absolute atomic E-state index is 13.0. The van der Waals surface area contributed by atoms with E-state index in [1.807, 2.05) is 0 Å². The third-order valence-electron chi connectivity index (χ3n) is 6.19. The Hall–Kier alpha value is -2.77. The lowest BCUT2D eigenvalue weighted by atomic mass is 10.1. The molecule has 0 aromatic carbocycles. The SMILES string of the molecule is C[C@H](NC(=O)[C@@H]1CCCN1C(=O)[C@H](C)NC(=O)[C@@H](N)CCCCN)C(=O)N[C@@H](CCCCN)C(=O)O. The van der Waals surface area contributed by atoms with E-state index in [2.05, 4.69) is 16.0 Å². The fourth-order valence-corrected chi connectivity index (χ4v) is 4.00. The summed E-state index contributed by atoms with van der Waals surface area (Å²) in [6.45, 7) is 4.25. The van der Waals surface area contributed by atoms with Crippen LogP contribution in [0, 0.1) is 0 Å². The summed E-state index contributed by atoms with van der Waals surface area (Å²) in [6, 6.07) is -4.52. The summed E-state index contributed by atoms with van der Waals surface area (Å²) in [5, 5.41) is 16.9. The second-order valence-corrected chi connectivity index (χ2v) is 9.23. The van der Waals surface area contributed by atoms with E-state index < -0.39 is 59.8 Å². The Kier molecular flexibility index (Phi) is 14.0. The third kappa shape index (κ3) is 10.1. The Morgan fingerprint density at radius 2 is 1.50 bits per heavy atom. The van der Waals surface area contributed by atoms with Crippen LogP contribution < -0.4 is 33.2 Å². The largest absolute Gasteiger partial charge is 0.480 e. The Bertz CT molecular complexity index is 765. The maximum atomic E-state index is 13.0. The van der Waals surface area contributed by atoms with Crippen LogP contribution in [-0.2, 0) is 24.0 Å². The van der Waals surface area contributed by atoms with Crippen molar-refractivity contribution in [2.75, 3.05) is 19.6 Å². The Morgan fingerprint density at radius 3 is 2.08 bits per heavy atom. The van der Waals surface area contributed by atoms with E-state index in [0.29, 0.717) is 58.2 Å². The highest BCUT2D eigenvalue weighted by Gasteiger charge is 2.37. The molecule has 0 aromatic rings. The Labute approximate surface area is 212 Å². The molecule has 1 aliphatic rings. The van der Waals surface area contributed by atoms with Crippen LogP contribution in [0.3, 0.4) is 0 Å². The highest BCUT2D eigenvalue weighted by molar-refractivity contribution is 5.95. The average Bonchev–Trinajstić information content (AvgIpc) is 3.32. The van der Waals surface area contributed by atoms with Crippen molar-refractivity contribution in [1.29, 1.82) is 0 Å². The molecule has 0 saturated carbocycles. The first-order valence-corrected chi connectivity index (χ1v) is 12.6. The lowest BCUT2D eigenvalue weighted by molar-refractivity contribution is -0.143. The fourth-order valence-electron chi connectivity index (χ4n) is 4.00. The first-order valence-electron chi connectivity index (χ1n) is 12.6. The van der Waals surface area contributed by atoms with E-state index in [4.69, 9.17) is 17.2 Å². The Morgan fingerprint density at radius 1 is 0.889 bits per heavy atom. The molecule has 1 saturated heterocycles. The van der Waals surface area contributed by atoms with Crippen LogP contribution in [0.5, 0.6) is 0 Å². The molecule has 1 heterocycles. The maximum Gasteiger partial charge on any atom is 0.326 e. The molecule has 5 atom stereocenters. The number of unbranched alkanes of at least 4 members (excludes halogenated alkanes) is 2. The molecule has 13 nitrogen and oxygen atoms in total. The van der Waals surface area contributed by atoms with Crippen molar-refractivity contribution in [3.8, 4) is 0 Å². The molecule has 4 amide bonds. The molecule has 0 spiro atoms. The summed E-state index contributed by atoms with van der Waals surface area (Å²) in [5.74, 6) is -3.18. The van der Waals surface area contributed by atoms with Gasteiger partial charge in [-0.1, -0.05) is 6.42 Å². The van der Waals surface area contributed by atoms with Gasteiger partial charge in [0, 0.05) is 6.54 Å². The summed E-state index contributed by atoms with van der Waals surface area (Å²) in [6.07, 6.45) is 4.31. The second kappa shape index (κ2) is 16.1. The van der Waals surface area contributed by atoms with Crippen molar-refractivity contribution < 1.29 is 29.1 Å². The number of aliphatic carboxylic acids is 1. The number of carboxylic acid groups (broad SMARTS) is 1. The zero-order valence-electron chi connectivity index (χ0n) is 21.3. The Balaban J connectivity index is 2.65. The monoisotopic (exact) mass is 513 g/mol. The van der Waals surface area contributed by atoms with Crippen molar-refractivity contribution >= 4 is 29.6 Å². The molecule has 1 aliphatic heterocycles. The van der Waals surface area contributed by atoms with E-state index in [1.165, 1.54) is 18.7 Å². The number of hydrogen-bond donors (Lipinski definition) is 7. The topological polar surface area (TPSA) is 223 Å². The summed E-state index contributed by atoms with van der Waals surface area (Å²) in [5.41, 5.74) is 16.8. The van der Waals surface area contributed by atoms with Crippen molar-refractivity contribution in [3.05, 3.63) is 0 Å². The third-order valence-corrected chi connectivity index (χ3v) is 6.19. The van der Waals surface area contributed by atoms with E-state index in [0.717, 1.165) is 6.42 Å². The zero-order chi connectivity index (χ0) is 27.3. The molecular weight excluding hydrogens is 470 g/mol. The smallest absolute Gasteiger partial charge is 0.326 e. The minimum atomic E-state index is -1.17. The summed E-state index contributed by atoms with van der Waals surface area (Å²) >= 11 is 0. The van der Waals surface area contributed by atoms with Gasteiger partial charge in [0.15, 0.2) is 0 Å². The van der Waals surface area contributed by atoms with E-state index >= 15 is 0 Å². The standard InChI is InChI=1S/C23H43N7O6/c1-14(19(31)29-17(23(35)36)9-4-6-12-25)27-21(33)18-10-7-13-30(18)22(34)15(2)28-20(32)16(26)8-3-5-11-24/h14-18H,3-13,24-26H2,1-2H3,(H,27,33)(H,28,32)(H,29,31)(H,35,36)/t14-,15-,16-,17-,18-/m0/s1. The highest BCUT2D eigenvalue weighted by atomic mass is 16.4. The number of rotatable bonds is 16.